The number of nitrogens with two attached hydrogens (primary N) is 1. The number of hydrogen-bond acceptors (Lipinski definition) is 4. The number of aliphatic hydroxyl groups excluding tert-OH is 1. The molecule has 1 rings (SSSR count). The average Bonchev–Trinajstić information content (AvgIpc) is 2.15. The van der Waals surface area contributed by atoms with E-state index in [0.717, 1.165) is 0 Å². The normalized spacial score (nSPS) is 9.86. The van der Waals surface area contributed by atoms with Gasteiger partial charge in [0.25, 0.3) is 5.91 Å². The number of primary amides is 1. The third kappa shape index (κ3) is 2.68. The first kappa shape index (κ1) is 10.9. The van der Waals surface area contributed by atoms with Crippen molar-refractivity contribution < 1.29 is 9.90 Å². The number of halogens is 1. The van der Waals surface area contributed by atoms with Crippen molar-refractivity contribution in [2.24, 2.45) is 5.73 Å². The van der Waals surface area contributed by atoms with Crippen molar-refractivity contribution in [2.75, 3.05) is 18.5 Å². The van der Waals surface area contributed by atoms with Crippen LogP contribution in [0.15, 0.2) is 16.7 Å². The van der Waals surface area contributed by atoms with Gasteiger partial charge in [0, 0.05) is 6.54 Å². The molecule has 0 saturated heterocycles. The summed E-state index contributed by atoms with van der Waals surface area (Å²) in [6, 6.07) is 3.19. The third-order valence-corrected chi connectivity index (χ3v) is 2.13. The molecule has 0 aliphatic rings. The van der Waals surface area contributed by atoms with Crippen molar-refractivity contribution in [2.45, 2.75) is 0 Å². The summed E-state index contributed by atoms with van der Waals surface area (Å²) < 4.78 is 0.502. The Balaban J connectivity index is 2.84. The van der Waals surface area contributed by atoms with Gasteiger partial charge in [0.05, 0.1) is 12.3 Å². The molecule has 5 nitrogen and oxygen atoms in total. The quantitative estimate of drug-likeness (QED) is 0.681. The molecule has 14 heavy (non-hydrogen) atoms. The Hall–Kier alpha value is -1.14. The smallest absolute Gasteiger partial charge is 0.267 e. The Morgan fingerprint density at radius 2 is 2.36 bits per heavy atom. The third-order valence-electron chi connectivity index (χ3n) is 1.53. The SMILES string of the molecule is NC(=O)c1ccc(NCCO)c(Br)n1. The van der Waals surface area contributed by atoms with E-state index in [4.69, 9.17) is 10.8 Å². The lowest BCUT2D eigenvalue weighted by Crippen LogP contribution is -2.14. The van der Waals surface area contributed by atoms with Crippen molar-refractivity contribution in [1.29, 1.82) is 0 Å². The fourth-order valence-corrected chi connectivity index (χ4v) is 1.36. The van der Waals surface area contributed by atoms with Gasteiger partial charge in [-0.2, -0.15) is 0 Å². The maximum absolute atomic E-state index is 10.8. The minimum atomic E-state index is -0.570. The van der Waals surface area contributed by atoms with Crippen LogP contribution in [0, 0.1) is 0 Å². The largest absolute Gasteiger partial charge is 0.395 e. The number of pyridine rings is 1. The molecular formula is C8H10BrN3O2. The Labute approximate surface area is 89.5 Å². The number of hydrogen-bond donors (Lipinski definition) is 3. The summed E-state index contributed by atoms with van der Waals surface area (Å²) in [5.41, 5.74) is 5.96. The van der Waals surface area contributed by atoms with Crippen LogP contribution in [0.25, 0.3) is 0 Å². The number of rotatable bonds is 4. The number of nitrogens with zero attached hydrogens (tertiary/aromatic N) is 1. The Morgan fingerprint density at radius 1 is 1.64 bits per heavy atom. The molecule has 1 aromatic heterocycles. The highest BCUT2D eigenvalue weighted by Gasteiger charge is 2.05. The van der Waals surface area contributed by atoms with Crippen LogP contribution in [-0.4, -0.2) is 29.1 Å². The van der Waals surface area contributed by atoms with E-state index in [1.165, 1.54) is 6.07 Å². The lowest BCUT2D eigenvalue weighted by atomic mass is 10.3. The van der Waals surface area contributed by atoms with Gasteiger partial charge < -0.3 is 16.2 Å². The summed E-state index contributed by atoms with van der Waals surface area (Å²) in [5, 5.41) is 11.5. The molecule has 4 N–H and O–H groups in total. The lowest BCUT2D eigenvalue weighted by molar-refractivity contribution is 0.0995. The molecule has 76 valence electrons. The number of aromatic nitrogens is 1. The zero-order chi connectivity index (χ0) is 10.6. The first-order valence-electron chi connectivity index (χ1n) is 3.96. The summed E-state index contributed by atoms with van der Waals surface area (Å²) in [4.78, 5) is 14.7. The van der Waals surface area contributed by atoms with Crippen LogP contribution >= 0.6 is 15.9 Å². The monoisotopic (exact) mass is 259 g/mol. The summed E-state index contributed by atoms with van der Waals surface area (Å²) in [6.07, 6.45) is 0. The number of carbonyl (C=O) groups excluding carboxylic acids is 1. The number of anilines is 1. The molecule has 0 spiro atoms. The number of nitrogens with one attached hydrogen (secondary N) is 1. The Kier molecular flexibility index (Phi) is 3.84. The molecule has 6 heteroatoms. The van der Waals surface area contributed by atoms with E-state index >= 15 is 0 Å². The average molecular weight is 260 g/mol. The molecule has 0 bridgehead atoms. The zero-order valence-electron chi connectivity index (χ0n) is 7.33. The fraction of sp³-hybridized carbons (Fsp3) is 0.250. The summed E-state index contributed by atoms with van der Waals surface area (Å²) in [5.74, 6) is -0.570. The maximum Gasteiger partial charge on any atom is 0.267 e. The van der Waals surface area contributed by atoms with E-state index in [1.54, 1.807) is 6.07 Å². The summed E-state index contributed by atoms with van der Waals surface area (Å²) in [7, 11) is 0. The van der Waals surface area contributed by atoms with Gasteiger partial charge in [-0.1, -0.05) is 0 Å². The van der Waals surface area contributed by atoms with Gasteiger partial charge in [-0.25, -0.2) is 4.98 Å². The van der Waals surface area contributed by atoms with Crippen molar-refractivity contribution in [3.05, 3.63) is 22.4 Å². The van der Waals surface area contributed by atoms with E-state index < -0.39 is 5.91 Å². The molecule has 0 atom stereocenters. The van der Waals surface area contributed by atoms with Gasteiger partial charge in [-0.05, 0) is 28.1 Å². The standard InChI is InChI=1S/C8H10BrN3O2/c9-7-5(11-3-4-13)1-2-6(12-7)8(10)14/h1-2,11,13H,3-4H2,(H2,10,14). The topological polar surface area (TPSA) is 88.2 Å². The van der Waals surface area contributed by atoms with Crippen LogP contribution in [0.2, 0.25) is 0 Å². The van der Waals surface area contributed by atoms with Crippen molar-refractivity contribution in [1.82, 2.24) is 4.98 Å². The highest BCUT2D eigenvalue weighted by Crippen LogP contribution is 2.19. The predicted octanol–water partition coefficient (Wildman–Crippen LogP) is 0.347. The highest BCUT2D eigenvalue weighted by atomic mass is 79.9. The molecule has 0 aliphatic heterocycles. The second-order valence-electron chi connectivity index (χ2n) is 2.55. The van der Waals surface area contributed by atoms with Crippen LogP contribution in [0.5, 0.6) is 0 Å². The van der Waals surface area contributed by atoms with E-state index in [0.29, 0.717) is 16.8 Å². The highest BCUT2D eigenvalue weighted by molar-refractivity contribution is 9.10. The van der Waals surface area contributed by atoms with Crippen molar-refractivity contribution in [3.63, 3.8) is 0 Å². The van der Waals surface area contributed by atoms with Crippen molar-refractivity contribution in [3.8, 4) is 0 Å². The molecule has 0 fully saturated rings. The molecule has 0 aliphatic carbocycles. The van der Waals surface area contributed by atoms with Crippen LogP contribution < -0.4 is 11.1 Å². The minimum absolute atomic E-state index is 0.0318. The van der Waals surface area contributed by atoms with E-state index in [-0.39, 0.29) is 12.3 Å². The van der Waals surface area contributed by atoms with Crippen LogP contribution in [0.1, 0.15) is 10.5 Å². The second-order valence-corrected chi connectivity index (χ2v) is 3.30. The zero-order valence-corrected chi connectivity index (χ0v) is 8.91. The van der Waals surface area contributed by atoms with E-state index in [2.05, 4.69) is 26.2 Å². The van der Waals surface area contributed by atoms with Gasteiger partial charge in [0.15, 0.2) is 0 Å². The van der Waals surface area contributed by atoms with Crippen molar-refractivity contribution >= 4 is 27.5 Å². The van der Waals surface area contributed by atoms with E-state index in [1.807, 2.05) is 0 Å². The minimum Gasteiger partial charge on any atom is -0.395 e. The summed E-state index contributed by atoms with van der Waals surface area (Å²) >= 11 is 3.18. The molecule has 0 saturated carbocycles. The Morgan fingerprint density at radius 3 is 2.86 bits per heavy atom. The van der Waals surface area contributed by atoms with Gasteiger partial charge >= 0.3 is 0 Å². The number of amides is 1. The number of aliphatic hydroxyl groups is 1. The first-order valence-corrected chi connectivity index (χ1v) is 4.75. The van der Waals surface area contributed by atoms with Gasteiger partial charge in [0.1, 0.15) is 10.3 Å². The fourth-order valence-electron chi connectivity index (χ4n) is 0.894. The molecule has 0 radical (unpaired) electrons. The first-order chi connectivity index (χ1) is 6.65. The molecular weight excluding hydrogens is 250 g/mol. The van der Waals surface area contributed by atoms with Crippen LogP contribution in [-0.2, 0) is 0 Å². The van der Waals surface area contributed by atoms with E-state index in [9.17, 15) is 4.79 Å². The van der Waals surface area contributed by atoms with Gasteiger partial charge in [-0.3, -0.25) is 4.79 Å². The molecule has 0 unspecified atom stereocenters. The van der Waals surface area contributed by atoms with Crippen LogP contribution in [0.4, 0.5) is 5.69 Å². The second kappa shape index (κ2) is 4.92. The molecule has 1 heterocycles. The number of carbonyl (C=O) groups is 1. The Bertz CT molecular complexity index is 343. The van der Waals surface area contributed by atoms with Crippen LogP contribution in [0.3, 0.4) is 0 Å². The lowest BCUT2D eigenvalue weighted by Gasteiger charge is -2.06. The molecule has 1 amide bonds. The van der Waals surface area contributed by atoms with Gasteiger partial charge in [0.2, 0.25) is 0 Å². The predicted molar refractivity (Wildman–Crippen MR) is 56.0 cm³/mol. The van der Waals surface area contributed by atoms with Gasteiger partial charge in [-0.15, -0.1) is 0 Å². The summed E-state index contributed by atoms with van der Waals surface area (Å²) in [6.45, 7) is 0.459. The molecule has 0 aromatic carbocycles. The maximum atomic E-state index is 10.8. The molecule has 1 aromatic rings.